The number of oxazole rings is 1. The van der Waals surface area contributed by atoms with Crippen LogP contribution in [0.5, 0.6) is 0 Å². The molecule has 5 nitrogen and oxygen atoms in total. The van der Waals surface area contributed by atoms with E-state index in [1.54, 1.807) is 0 Å². The van der Waals surface area contributed by atoms with E-state index in [1.165, 1.54) is 6.07 Å². The Morgan fingerprint density at radius 1 is 1.27 bits per heavy atom. The predicted molar refractivity (Wildman–Crippen MR) is 93.9 cm³/mol. The topological polar surface area (TPSA) is 81.5 Å². The van der Waals surface area contributed by atoms with Crippen LogP contribution in [-0.4, -0.2) is 28.2 Å². The highest BCUT2D eigenvalue weighted by Gasteiger charge is 2.60. The molecule has 0 aliphatic carbocycles. The van der Waals surface area contributed by atoms with Gasteiger partial charge in [0.15, 0.2) is 17.0 Å². The standard InChI is InChI=1S/C19H17F6N3O2/c1-17(23)8-19(24,25)18(2,28-16(17)26)10-5-9(3-4-11(10)20)6-13(29)12-7-30-15(27-12)14(21)22/h3-5,7,14H,6,8H2,1-2H3,(H2,26,28)/t17-,18+/m0/s1. The molecule has 1 aromatic carbocycles. The highest BCUT2D eigenvalue weighted by Crippen LogP contribution is 2.50. The summed E-state index contributed by atoms with van der Waals surface area (Å²) in [6.45, 7) is 1.78. The molecular weight excluding hydrogens is 416 g/mol. The molecule has 0 fully saturated rings. The summed E-state index contributed by atoms with van der Waals surface area (Å²) in [4.78, 5) is 19.2. The number of Topliss-reactive ketones (excluding diaryl/α,β-unsaturated/α-hetero) is 1. The maximum absolute atomic E-state index is 14.8. The Hall–Kier alpha value is -2.85. The van der Waals surface area contributed by atoms with Gasteiger partial charge in [-0.15, -0.1) is 0 Å². The first kappa shape index (κ1) is 21.8. The fourth-order valence-corrected chi connectivity index (χ4v) is 3.22. The normalized spacial score (nSPS) is 26.0. The molecule has 1 aliphatic heterocycles. The van der Waals surface area contributed by atoms with Gasteiger partial charge in [0.05, 0.1) is 6.42 Å². The molecule has 11 heteroatoms. The van der Waals surface area contributed by atoms with Crippen LogP contribution in [0.1, 0.15) is 54.2 Å². The average Bonchev–Trinajstić information content (AvgIpc) is 3.11. The van der Waals surface area contributed by atoms with Crippen LogP contribution in [0.3, 0.4) is 0 Å². The lowest BCUT2D eigenvalue weighted by atomic mass is 9.77. The van der Waals surface area contributed by atoms with Crippen molar-refractivity contribution in [3.05, 3.63) is 53.0 Å². The third-order valence-corrected chi connectivity index (χ3v) is 5.06. The molecular formula is C19H17F6N3O2. The number of ketones is 1. The monoisotopic (exact) mass is 433 g/mol. The number of hydrogen-bond acceptors (Lipinski definition) is 5. The molecule has 0 amide bonds. The van der Waals surface area contributed by atoms with Gasteiger partial charge in [0.1, 0.15) is 23.6 Å². The van der Waals surface area contributed by atoms with E-state index in [9.17, 15) is 31.1 Å². The molecule has 0 bridgehead atoms. The number of carbonyl (C=O) groups excluding carboxylic acids is 1. The number of nitrogens with two attached hydrogens (primary N) is 1. The molecule has 1 aromatic heterocycles. The molecule has 2 heterocycles. The minimum Gasteiger partial charge on any atom is -0.443 e. The van der Waals surface area contributed by atoms with Crippen molar-refractivity contribution in [3.63, 3.8) is 0 Å². The molecule has 0 saturated heterocycles. The number of nitrogens with zero attached hydrogens (tertiary/aromatic N) is 2. The van der Waals surface area contributed by atoms with E-state index in [0.717, 1.165) is 32.2 Å². The summed E-state index contributed by atoms with van der Waals surface area (Å²) >= 11 is 0. The molecule has 0 unspecified atom stereocenters. The summed E-state index contributed by atoms with van der Waals surface area (Å²) in [5, 5.41) is 0. The lowest BCUT2D eigenvalue weighted by molar-refractivity contribution is -0.106. The molecule has 30 heavy (non-hydrogen) atoms. The maximum atomic E-state index is 14.8. The van der Waals surface area contributed by atoms with E-state index in [1.807, 2.05) is 0 Å². The predicted octanol–water partition coefficient (Wildman–Crippen LogP) is 4.52. The highest BCUT2D eigenvalue weighted by atomic mass is 19.3. The zero-order valence-electron chi connectivity index (χ0n) is 15.9. The first-order chi connectivity index (χ1) is 13.8. The van der Waals surface area contributed by atoms with E-state index in [4.69, 9.17) is 5.73 Å². The number of aliphatic imine (C=N–C) groups is 1. The Bertz CT molecular complexity index is 1020. The van der Waals surface area contributed by atoms with Crippen molar-refractivity contribution >= 4 is 11.6 Å². The van der Waals surface area contributed by atoms with Crippen molar-refractivity contribution in [2.24, 2.45) is 10.7 Å². The van der Waals surface area contributed by atoms with Gasteiger partial charge in [0.25, 0.3) is 11.8 Å². The van der Waals surface area contributed by atoms with Crippen molar-refractivity contribution in [2.75, 3.05) is 0 Å². The maximum Gasteiger partial charge on any atom is 0.313 e. The van der Waals surface area contributed by atoms with Gasteiger partial charge in [-0.25, -0.2) is 22.5 Å². The summed E-state index contributed by atoms with van der Waals surface area (Å²) in [6.07, 6.45) is -4.02. The molecule has 1 aliphatic rings. The molecule has 3 rings (SSSR count). The summed E-state index contributed by atoms with van der Waals surface area (Å²) in [6, 6.07) is 3.02. The molecule has 2 N–H and O–H groups in total. The minimum atomic E-state index is -3.79. The van der Waals surface area contributed by atoms with Gasteiger partial charge < -0.3 is 10.2 Å². The van der Waals surface area contributed by atoms with Crippen LogP contribution in [0.25, 0.3) is 0 Å². The van der Waals surface area contributed by atoms with E-state index >= 15 is 0 Å². The molecule has 0 spiro atoms. The minimum absolute atomic E-state index is 0.0948. The number of halogens is 6. The SMILES string of the molecule is C[C@]1(F)CC(F)(F)[C@@](C)(c2cc(CC(=O)c3coc(C(F)F)n3)ccc2F)N=C1N. The molecule has 2 aromatic rings. The quantitative estimate of drug-likeness (QED) is 0.556. The van der Waals surface area contributed by atoms with E-state index in [0.29, 0.717) is 0 Å². The molecule has 162 valence electrons. The van der Waals surface area contributed by atoms with E-state index in [2.05, 4.69) is 14.4 Å². The fourth-order valence-electron chi connectivity index (χ4n) is 3.22. The Balaban J connectivity index is 1.97. The van der Waals surface area contributed by atoms with Crippen molar-refractivity contribution in [2.45, 2.75) is 50.2 Å². The van der Waals surface area contributed by atoms with Gasteiger partial charge in [0, 0.05) is 12.0 Å². The molecule has 0 saturated carbocycles. The second-order valence-corrected chi connectivity index (χ2v) is 7.43. The van der Waals surface area contributed by atoms with Gasteiger partial charge >= 0.3 is 6.43 Å². The van der Waals surface area contributed by atoms with Gasteiger partial charge in [-0.05, 0) is 31.5 Å². The van der Waals surface area contributed by atoms with Crippen LogP contribution in [0, 0.1) is 5.82 Å². The molecule has 0 radical (unpaired) electrons. The summed E-state index contributed by atoms with van der Waals surface area (Å²) in [5.74, 6) is -7.22. The Morgan fingerprint density at radius 3 is 2.53 bits per heavy atom. The van der Waals surface area contributed by atoms with Crippen LogP contribution in [0.2, 0.25) is 0 Å². The second-order valence-electron chi connectivity index (χ2n) is 7.43. The lowest BCUT2D eigenvalue weighted by Gasteiger charge is -2.42. The third-order valence-electron chi connectivity index (χ3n) is 5.06. The number of carbonyl (C=O) groups is 1. The van der Waals surface area contributed by atoms with Crippen LogP contribution in [0.4, 0.5) is 26.3 Å². The fraction of sp³-hybridized carbons (Fsp3) is 0.421. The average molecular weight is 433 g/mol. The van der Waals surface area contributed by atoms with E-state index in [-0.39, 0.29) is 11.3 Å². The number of rotatable bonds is 5. The lowest BCUT2D eigenvalue weighted by Crippen LogP contribution is -2.56. The van der Waals surface area contributed by atoms with Gasteiger partial charge in [-0.2, -0.15) is 8.78 Å². The number of alkyl halides is 5. The number of hydrogen-bond donors (Lipinski definition) is 1. The Kier molecular flexibility index (Phi) is 5.20. The van der Waals surface area contributed by atoms with E-state index < -0.39 is 65.3 Å². The van der Waals surface area contributed by atoms with Crippen LogP contribution in [0.15, 0.2) is 33.9 Å². The zero-order valence-corrected chi connectivity index (χ0v) is 15.9. The Morgan fingerprint density at radius 2 is 1.93 bits per heavy atom. The first-order valence-corrected chi connectivity index (χ1v) is 8.75. The smallest absolute Gasteiger partial charge is 0.313 e. The van der Waals surface area contributed by atoms with Gasteiger partial charge in [0.2, 0.25) is 0 Å². The number of amidine groups is 1. The first-order valence-electron chi connectivity index (χ1n) is 8.75. The van der Waals surface area contributed by atoms with Crippen LogP contribution >= 0.6 is 0 Å². The zero-order chi connectivity index (χ0) is 22.5. The Labute approximate surface area is 167 Å². The summed E-state index contributed by atoms with van der Waals surface area (Å²) < 4.78 is 87.9. The van der Waals surface area contributed by atoms with Crippen molar-refractivity contribution in [1.82, 2.24) is 4.98 Å². The van der Waals surface area contributed by atoms with Gasteiger partial charge in [-0.1, -0.05) is 6.07 Å². The van der Waals surface area contributed by atoms with Crippen molar-refractivity contribution in [3.8, 4) is 0 Å². The molecule has 2 atom stereocenters. The van der Waals surface area contributed by atoms with Crippen LogP contribution < -0.4 is 5.73 Å². The number of benzene rings is 1. The van der Waals surface area contributed by atoms with Crippen molar-refractivity contribution in [1.29, 1.82) is 0 Å². The summed E-state index contributed by atoms with van der Waals surface area (Å²) in [7, 11) is 0. The second kappa shape index (κ2) is 7.13. The van der Waals surface area contributed by atoms with Crippen LogP contribution in [-0.2, 0) is 12.0 Å². The van der Waals surface area contributed by atoms with Crippen molar-refractivity contribution < 1.29 is 35.6 Å². The highest BCUT2D eigenvalue weighted by molar-refractivity contribution is 5.95. The summed E-state index contributed by atoms with van der Waals surface area (Å²) in [5.41, 5.74) is -0.447. The largest absolute Gasteiger partial charge is 0.443 e. The third kappa shape index (κ3) is 3.68. The number of aromatic nitrogens is 1. The van der Waals surface area contributed by atoms with Gasteiger partial charge in [-0.3, -0.25) is 9.79 Å².